The topological polar surface area (TPSA) is 72.9 Å². The Hall–Kier alpha value is -2.78. The number of ether oxygens (including phenoxy) is 2. The molecule has 0 spiro atoms. The third-order valence-electron chi connectivity index (χ3n) is 3.77. The normalized spacial score (nSPS) is 12.0. The van der Waals surface area contributed by atoms with Crippen molar-refractivity contribution in [1.29, 1.82) is 0 Å². The summed E-state index contributed by atoms with van der Waals surface area (Å²) in [6, 6.07) is 9.94. The van der Waals surface area contributed by atoms with E-state index in [2.05, 4.69) is 4.74 Å². The third kappa shape index (κ3) is 4.93. The quantitative estimate of drug-likeness (QED) is 0.492. The van der Waals surface area contributed by atoms with E-state index in [0.717, 1.165) is 4.31 Å². The van der Waals surface area contributed by atoms with Crippen molar-refractivity contribution in [3.8, 4) is 11.5 Å². The van der Waals surface area contributed by atoms with Crippen LogP contribution in [0.3, 0.4) is 0 Å². The third-order valence-corrected chi connectivity index (χ3v) is 5.60. The summed E-state index contributed by atoms with van der Waals surface area (Å²) in [5.74, 6) is -0.510. The van der Waals surface area contributed by atoms with Crippen molar-refractivity contribution in [2.45, 2.75) is 11.5 Å². The molecule has 2 rings (SSSR count). The van der Waals surface area contributed by atoms with E-state index in [1.165, 1.54) is 69.8 Å². The largest absolute Gasteiger partial charge is 0.493 e. The standard InChI is InChI=1S/C19H19F2NO5S/c1-22(2)28(24,25)15-10-7-13(8-11-15)16(23)12-9-14-5-4-6-17(26-3)18(14)27-19(20)21/h4-12,19H,1-3H3/b12-9+. The molecule has 6 nitrogen and oxygen atoms in total. The van der Waals surface area contributed by atoms with Gasteiger partial charge in [-0.25, -0.2) is 12.7 Å². The first kappa shape index (κ1) is 21.5. The van der Waals surface area contributed by atoms with Crippen molar-refractivity contribution in [2.24, 2.45) is 0 Å². The zero-order chi connectivity index (χ0) is 20.9. The van der Waals surface area contributed by atoms with Crippen LogP contribution in [0.5, 0.6) is 11.5 Å². The fourth-order valence-electron chi connectivity index (χ4n) is 2.30. The summed E-state index contributed by atoms with van der Waals surface area (Å²) in [6.45, 7) is -3.05. The number of halogens is 2. The van der Waals surface area contributed by atoms with Crippen molar-refractivity contribution in [3.05, 3.63) is 59.7 Å². The number of sulfonamides is 1. The molecule has 0 unspecified atom stereocenters. The molecule has 2 aromatic carbocycles. The van der Waals surface area contributed by atoms with Crippen molar-refractivity contribution >= 4 is 21.9 Å². The SMILES string of the molecule is COc1cccc(/C=C/C(=O)c2ccc(S(=O)(=O)N(C)C)cc2)c1OC(F)F. The van der Waals surface area contributed by atoms with Gasteiger partial charge >= 0.3 is 6.61 Å². The lowest BCUT2D eigenvalue weighted by molar-refractivity contribution is -0.0513. The highest BCUT2D eigenvalue weighted by Crippen LogP contribution is 2.33. The number of ketones is 1. The first-order valence-corrected chi connectivity index (χ1v) is 9.47. The summed E-state index contributed by atoms with van der Waals surface area (Å²) in [6.07, 6.45) is 2.51. The smallest absolute Gasteiger partial charge is 0.387 e. The number of rotatable bonds is 8. The number of methoxy groups -OCH3 is 1. The number of hydrogen-bond acceptors (Lipinski definition) is 5. The van der Waals surface area contributed by atoms with E-state index in [-0.39, 0.29) is 27.5 Å². The van der Waals surface area contributed by atoms with E-state index >= 15 is 0 Å². The highest BCUT2D eigenvalue weighted by atomic mass is 32.2. The fourth-order valence-corrected chi connectivity index (χ4v) is 3.21. The molecular weight excluding hydrogens is 392 g/mol. The average molecular weight is 411 g/mol. The van der Waals surface area contributed by atoms with Gasteiger partial charge in [0.05, 0.1) is 12.0 Å². The van der Waals surface area contributed by atoms with E-state index < -0.39 is 22.4 Å². The molecule has 9 heteroatoms. The van der Waals surface area contributed by atoms with Crippen molar-refractivity contribution in [1.82, 2.24) is 4.31 Å². The van der Waals surface area contributed by atoms with E-state index in [9.17, 15) is 22.0 Å². The monoisotopic (exact) mass is 411 g/mol. The van der Waals surface area contributed by atoms with Crippen LogP contribution >= 0.6 is 0 Å². The van der Waals surface area contributed by atoms with Crippen molar-refractivity contribution in [2.75, 3.05) is 21.2 Å². The minimum absolute atomic E-state index is 0.0541. The van der Waals surface area contributed by atoms with Crippen molar-refractivity contribution in [3.63, 3.8) is 0 Å². The van der Waals surface area contributed by atoms with Gasteiger partial charge in [0.2, 0.25) is 10.0 Å². The van der Waals surface area contributed by atoms with Crippen LogP contribution in [0.2, 0.25) is 0 Å². The molecule has 0 heterocycles. The average Bonchev–Trinajstić information content (AvgIpc) is 2.66. The number of nitrogens with zero attached hydrogens (tertiary/aromatic N) is 1. The first-order chi connectivity index (χ1) is 13.2. The lowest BCUT2D eigenvalue weighted by atomic mass is 10.1. The van der Waals surface area contributed by atoms with Crippen LogP contribution in [0.15, 0.2) is 53.4 Å². The minimum Gasteiger partial charge on any atom is -0.493 e. The van der Waals surface area contributed by atoms with Gasteiger partial charge in [0, 0.05) is 25.2 Å². The molecule has 0 saturated heterocycles. The van der Waals surface area contributed by atoms with Crippen LogP contribution in [-0.4, -0.2) is 46.3 Å². The summed E-state index contributed by atoms with van der Waals surface area (Å²) < 4.78 is 60.0. The van der Waals surface area contributed by atoms with E-state index in [4.69, 9.17) is 4.74 Å². The first-order valence-electron chi connectivity index (χ1n) is 8.03. The summed E-state index contributed by atoms with van der Waals surface area (Å²) in [5, 5.41) is 0. The van der Waals surface area contributed by atoms with Gasteiger partial charge in [-0.2, -0.15) is 8.78 Å². The molecule has 0 amide bonds. The number of alkyl halides is 2. The lowest BCUT2D eigenvalue weighted by Gasteiger charge is -2.12. The van der Waals surface area contributed by atoms with Crippen molar-refractivity contribution < 1.29 is 31.5 Å². The molecule has 0 N–H and O–H groups in total. The summed E-state index contributed by atoms with van der Waals surface area (Å²) in [5.41, 5.74) is 0.480. The highest BCUT2D eigenvalue weighted by molar-refractivity contribution is 7.89. The van der Waals surface area contributed by atoms with Crippen LogP contribution in [0.25, 0.3) is 6.08 Å². The number of para-hydroxylation sites is 1. The molecular formula is C19H19F2NO5S. The van der Waals surface area contributed by atoms with Crippen LogP contribution < -0.4 is 9.47 Å². The summed E-state index contributed by atoms with van der Waals surface area (Å²) in [7, 11) is 0.532. The highest BCUT2D eigenvalue weighted by Gasteiger charge is 2.17. The minimum atomic E-state index is -3.60. The van der Waals surface area contributed by atoms with Gasteiger partial charge in [-0.1, -0.05) is 12.1 Å². The number of benzene rings is 2. The predicted octanol–water partition coefficient (Wildman–Crippen LogP) is 3.44. The second kappa shape index (κ2) is 8.94. The summed E-state index contributed by atoms with van der Waals surface area (Å²) in [4.78, 5) is 12.4. The molecule has 0 aromatic heterocycles. The molecule has 0 saturated carbocycles. The predicted molar refractivity (Wildman–Crippen MR) is 100 cm³/mol. The van der Waals surface area contributed by atoms with Crippen LogP contribution in [0.1, 0.15) is 15.9 Å². The maximum absolute atomic E-state index is 12.7. The van der Waals surface area contributed by atoms with Crippen LogP contribution in [0, 0.1) is 0 Å². The number of hydrogen-bond donors (Lipinski definition) is 0. The van der Waals surface area contributed by atoms with Gasteiger partial charge in [-0.15, -0.1) is 0 Å². The molecule has 0 radical (unpaired) electrons. The second-order valence-electron chi connectivity index (χ2n) is 5.77. The van der Waals surface area contributed by atoms with E-state index in [1.807, 2.05) is 0 Å². The Kier molecular flexibility index (Phi) is 6.87. The Labute approximate surface area is 162 Å². The summed E-state index contributed by atoms with van der Waals surface area (Å²) >= 11 is 0. The van der Waals surface area contributed by atoms with Gasteiger partial charge in [-0.3, -0.25) is 4.79 Å². The van der Waals surface area contributed by atoms with E-state index in [1.54, 1.807) is 6.07 Å². The maximum Gasteiger partial charge on any atom is 0.387 e. The molecule has 2 aromatic rings. The number of carbonyl (C=O) groups is 1. The zero-order valence-electron chi connectivity index (χ0n) is 15.4. The Morgan fingerprint density at radius 3 is 2.29 bits per heavy atom. The van der Waals surface area contributed by atoms with Gasteiger partial charge in [0.25, 0.3) is 0 Å². The molecule has 0 aliphatic carbocycles. The molecule has 0 fully saturated rings. The Morgan fingerprint density at radius 2 is 1.75 bits per heavy atom. The molecule has 150 valence electrons. The Bertz CT molecular complexity index is 970. The Balaban J connectivity index is 2.27. The molecule has 0 aliphatic rings. The molecule has 0 aliphatic heterocycles. The fraction of sp³-hybridized carbons (Fsp3) is 0.211. The van der Waals surface area contributed by atoms with E-state index in [0.29, 0.717) is 0 Å². The van der Waals surface area contributed by atoms with Gasteiger partial charge in [0.1, 0.15) is 0 Å². The Morgan fingerprint density at radius 1 is 1.11 bits per heavy atom. The van der Waals surface area contributed by atoms with Gasteiger partial charge in [0.15, 0.2) is 17.3 Å². The zero-order valence-corrected chi connectivity index (χ0v) is 16.2. The van der Waals surface area contributed by atoms with Gasteiger partial charge in [-0.05, 0) is 42.5 Å². The lowest BCUT2D eigenvalue weighted by Crippen LogP contribution is -2.22. The second-order valence-corrected chi connectivity index (χ2v) is 7.92. The molecule has 0 atom stereocenters. The van der Waals surface area contributed by atoms with Crippen LogP contribution in [0.4, 0.5) is 8.78 Å². The molecule has 28 heavy (non-hydrogen) atoms. The number of allylic oxidation sites excluding steroid dienone is 1. The number of carbonyl (C=O) groups excluding carboxylic acids is 1. The van der Waals surface area contributed by atoms with Gasteiger partial charge < -0.3 is 9.47 Å². The van der Waals surface area contributed by atoms with Crippen LogP contribution in [-0.2, 0) is 10.0 Å². The molecule has 0 bridgehead atoms. The maximum atomic E-state index is 12.7.